The topological polar surface area (TPSA) is 91.5 Å². The van der Waals surface area contributed by atoms with Crippen LogP contribution in [0.4, 0.5) is 24.8 Å². The zero-order valence-corrected chi connectivity index (χ0v) is 16.7. The third-order valence-electron chi connectivity index (χ3n) is 4.50. The van der Waals surface area contributed by atoms with Crippen LogP contribution in [-0.4, -0.2) is 39.8 Å². The minimum atomic E-state index is -4.59. The van der Waals surface area contributed by atoms with Crippen LogP contribution < -0.4 is 10.2 Å². The first-order valence-corrected chi connectivity index (χ1v) is 9.19. The van der Waals surface area contributed by atoms with E-state index in [1.54, 1.807) is 6.07 Å². The summed E-state index contributed by atoms with van der Waals surface area (Å²) in [6, 6.07) is 1.45. The number of hydrogen-bond donors (Lipinski definition) is 2. The normalized spacial score (nSPS) is 20.2. The molecule has 2 atom stereocenters. The molecule has 2 N–H and O–H groups in total. The van der Waals surface area contributed by atoms with Gasteiger partial charge in [-0.25, -0.2) is 4.98 Å². The van der Waals surface area contributed by atoms with Gasteiger partial charge in [-0.1, -0.05) is 37.5 Å². The molecule has 2 aromatic rings. The third-order valence-corrected chi connectivity index (χ3v) is 4.78. The van der Waals surface area contributed by atoms with Gasteiger partial charge in [0.25, 0.3) is 0 Å². The van der Waals surface area contributed by atoms with Crippen molar-refractivity contribution in [3.05, 3.63) is 34.7 Å². The van der Waals surface area contributed by atoms with Gasteiger partial charge >= 0.3 is 6.18 Å². The second-order valence-corrected chi connectivity index (χ2v) is 8.31. The smallest absolute Gasteiger partial charge is 0.391 e. The number of nitrogens with zero attached hydrogens (tertiary/aromatic N) is 3. The summed E-state index contributed by atoms with van der Waals surface area (Å²) in [6.07, 6.45) is -4.75. The molecule has 29 heavy (non-hydrogen) atoms. The van der Waals surface area contributed by atoms with E-state index in [9.17, 15) is 23.1 Å². The number of alkyl halides is 3. The van der Waals surface area contributed by atoms with Crippen molar-refractivity contribution in [1.29, 1.82) is 0 Å². The molecule has 0 saturated carbocycles. The summed E-state index contributed by atoms with van der Waals surface area (Å²) in [5, 5.41) is 16.2. The van der Waals surface area contributed by atoms with Crippen LogP contribution in [0, 0.1) is 0 Å². The molecule has 0 aliphatic carbocycles. The van der Waals surface area contributed by atoms with Crippen molar-refractivity contribution in [2.45, 2.75) is 50.9 Å². The van der Waals surface area contributed by atoms with Gasteiger partial charge in [0, 0.05) is 30.6 Å². The Labute approximate surface area is 169 Å². The lowest BCUT2D eigenvalue weighted by molar-refractivity contribution is -0.137. The summed E-state index contributed by atoms with van der Waals surface area (Å²) in [5.41, 5.74) is -1.30. The number of rotatable bonds is 3. The Morgan fingerprint density at radius 3 is 2.59 bits per heavy atom. The van der Waals surface area contributed by atoms with Crippen molar-refractivity contribution in [1.82, 2.24) is 10.1 Å². The number of anilines is 2. The number of aliphatic hydroxyl groups excluding tert-OH is 1. The van der Waals surface area contributed by atoms with Gasteiger partial charge in [-0.2, -0.15) is 13.2 Å². The molecule has 0 spiro atoms. The average molecular weight is 433 g/mol. The number of aromatic nitrogens is 2. The predicted molar refractivity (Wildman–Crippen MR) is 99.8 cm³/mol. The number of carbonyl (C=O) groups excluding carboxylic acids is 1. The molecule has 158 valence electrons. The molecule has 0 bridgehead atoms. The molecule has 1 aliphatic heterocycles. The molecular formula is C18H20ClF3N4O3. The Hall–Kier alpha value is -2.33. The number of hydrogen-bond acceptors (Lipinski definition) is 6. The second-order valence-electron chi connectivity index (χ2n) is 7.90. The van der Waals surface area contributed by atoms with Crippen LogP contribution in [0.25, 0.3) is 0 Å². The zero-order chi connectivity index (χ0) is 21.6. The molecular weight excluding hydrogens is 413 g/mol. The van der Waals surface area contributed by atoms with Crippen molar-refractivity contribution in [2.75, 3.05) is 16.8 Å². The maximum atomic E-state index is 12.8. The molecule has 3 rings (SSSR count). The highest BCUT2D eigenvalue weighted by Gasteiger charge is 2.39. The number of halogens is 4. The first-order valence-electron chi connectivity index (χ1n) is 8.82. The lowest BCUT2D eigenvalue weighted by atomic mass is 9.93. The van der Waals surface area contributed by atoms with Gasteiger partial charge in [0.1, 0.15) is 17.6 Å². The lowest BCUT2D eigenvalue weighted by Crippen LogP contribution is -2.40. The molecule has 1 fully saturated rings. The van der Waals surface area contributed by atoms with Gasteiger partial charge in [-0.05, 0) is 6.07 Å². The predicted octanol–water partition coefficient (Wildman–Crippen LogP) is 3.62. The molecule has 1 saturated heterocycles. The van der Waals surface area contributed by atoms with E-state index >= 15 is 0 Å². The van der Waals surface area contributed by atoms with E-state index in [1.807, 2.05) is 20.8 Å². The maximum Gasteiger partial charge on any atom is 0.417 e. The van der Waals surface area contributed by atoms with Crippen LogP contribution in [-0.2, 0) is 16.4 Å². The summed E-state index contributed by atoms with van der Waals surface area (Å²) in [7, 11) is 0. The van der Waals surface area contributed by atoms with Crippen LogP contribution in [0.3, 0.4) is 0 Å². The van der Waals surface area contributed by atoms with Crippen LogP contribution in [0.5, 0.6) is 0 Å². The molecule has 11 heteroatoms. The summed E-state index contributed by atoms with van der Waals surface area (Å²) < 4.78 is 43.7. The minimum absolute atomic E-state index is 0.00221. The van der Waals surface area contributed by atoms with Gasteiger partial charge in [-0.15, -0.1) is 0 Å². The Balaban J connectivity index is 1.81. The summed E-state index contributed by atoms with van der Waals surface area (Å²) in [6.45, 7) is 5.77. The molecule has 0 radical (unpaired) electrons. The Morgan fingerprint density at radius 2 is 2.03 bits per heavy atom. The number of aliphatic hydroxyl groups is 1. The van der Waals surface area contributed by atoms with Gasteiger partial charge < -0.3 is 19.8 Å². The van der Waals surface area contributed by atoms with Crippen LogP contribution in [0.1, 0.15) is 38.5 Å². The van der Waals surface area contributed by atoms with Crippen molar-refractivity contribution >= 4 is 29.1 Å². The Kier molecular flexibility index (Phi) is 5.52. The molecule has 0 aromatic carbocycles. The maximum absolute atomic E-state index is 12.8. The third kappa shape index (κ3) is 4.64. The van der Waals surface area contributed by atoms with Gasteiger partial charge in [0.05, 0.1) is 16.7 Å². The van der Waals surface area contributed by atoms with Crippen LogP contribution >= 0.6 is 11.6 Å². The first kappa shape index (κ1) is 21.4. The number of carbonyl (C=O) groups is 1. The molecule has 7 nitrogen and oxygen atoms in total. The lowest BCUT2D eigenvalue weighted by Gasteiger charge is -2.25. The number of amides is 1. The van der Waals surface area contributed by atoms with E-state index in [2.05, 4.69) is 15.5 Å². The minimum Gasteiger partial charge on any atom is -0.391 e. The monoisotopic (exact) mass is 432 g/mol. The van der Waals surface area contributed by atoms with Crippen molar-refractivity contribution in [3.8, 4) is 0 Å². The fourth-order valence-electron chi connectivity index (χ4n) is 2.99. The van der Waals surface area contributed by atoms with Crippen LogP contribution in [0.2, 0.25) is 5.02 Å². The van der Waals surface area contributed by atoms with Gasteiger partial charge in [-0.3, -0.25) is 4.79 Å². The first-order chi connectivity index (χ1) is 13.4. The quantitative estimate of drug-likeness (QED) is 0.769. The number of pyridine rings is 1. The molecule has 3 heterocycles. The van der Waals surface area contributed by atoms with Gasteiger partial charge in [0.15, 0.2) is 5.82 Å². The molecule has 1 aliphatic rings. The largest absolute Gasteiger partial charge is 0.417 e. The number of β-amino-alcohol motifs (C(OH)–C–C–N with tert-alkyl or cyclic N) is 1. The summed E-state index contributed by atoms with van der Waals surface area (Å²) in [5.74, 6) is 0.260. The van der Waals surface area contributed by atoms with Crippen molar-refractivity contribution in [3.63, 3.8) is 0 Å². The summed E-state index contributed by atoms with van der Waals surface area (Å²) >= 11 is 6.00. The van der Waals surface area contributed by atoms with E-state index < -0.39 is 29.8 Å². The van der Waals surface area contributed by atoms with Crippen molar-refractivity contribution in [2.24, 2.45) is 0 Å². The Bertz CT molecular complexity index is 910. The molecule has 2 unspecified atom stereocenters. The highest BCUT2D eigenvalue weighted by molar-refractivity contribution is 6.33. The average Bonchev–Trinajstić information content (AvgIpc) is 3.20. The Morgan fingerprint density at radius 1 is 1.34 bits per heavy atom. The zero-order valence-electron chi connectivity index (χ0n) is 15.9. The number of nitrogens with one attached hydrogen (secondary N) is 1. The van der Waals surface area contributed by atoms with Crippen LogP contribution in [0.15, 0.2) is 22.9 Å². The molecule has 1 amide bonds. The molecule has 2 aromatic heterocycles. The SMILES string of the molecule is CC(C)(C)c1cc(NC(=O)C2CC(O)CN2c2ncc(C(F)(F)F)cc2Cl)no1. The van der Waals surface area contributed by atoms with E-state index in [4.69, 9.17) is 16.1 Å². The second kappa shape index (κ2) is 7.49. The fraction of sp³-hybridized carbons (Fsp3) is 0.500. The van der Waals surface area contributed by atoms with Gasteiger partial charge in [0.2, 0.25) is 5.91 Å². The summed E-state index contributed by atoms with van der Waals surface area (Å²) in [4.78, 5) is 17.9. The standard InChI is InChI=1S/C18H20ClF3N4O3/c1-17(2,3)13-6-14(25-29-13)24-16(28)12-5-10(27)8-26(12)15-11(19)4-9(7-23-15)18(20,21)22/h4,6-7,10,12,27H,5,8H2,1-3H3,(H,24,25,28). The highest BCUT2D eigenvalue weighted by Crippen LogP contribution is 2.36. The van der Waals surface area contributed by atoms with E-state index in [0.29, 0.717) is 12.0 Å². The fourth-order valence-corrected chi connectivity index (χ4v) is 3.27. The van der Waals surface area contributed by atoms with E-state index in [1.165, 1.54) is 4.90 Å². The highest BCUT2D eigenvalue weighted by atomic mass is 35.5. The van der Waals surface area contributed by atoms with E-state index in [-0.39, 0.29) is 35.0 Å². The van der Waals surface area contributed by atoms with Crippen molar-refractivity contribution < 1.29 is 27.6 Å². The van der Waals surface area contributed by atoms with E-state index in [0.717, 1.165) is 6.07 Å².